The number of carbonyl (C=O) groups excluding carboxylic acids is 1. The van der Waals surface area contributed by atoms with Crippen LogP contribution in [0.4, 0.5) is 11.4 Å². The van der Waals surface area contributed by atoms with Crippen molar-refractivity contribution in [2.45, 2.75) is 35.6 Å². The van der Waals surface area contributed by atoms with Gasteiger partial charge in [0.15, 0.2) is 0 Å². The number of likely N-dealkylation sites (tertiary alicyclic amines) is 1. The predicted octanol–water partition coefficient (Wildman–Crippen LogP) is 3.54. The van der Waals surface area contributed by atoms with E-state index in [0.717, 1.165) is 30.8 Å². The van der Waals surface area contributed by atoms with Crippen LogP contribution in [0.5, 0.6) is 0 Å². The molecule has 0 bridgehead atoms. The molecule has 3 rings (SSSR count). The second-order valence-corrected chi connectivity index (χ2v) is 7.86. The van der Waals surface area contributed by atoms with E-state index < -0.39 is 4.92 Å². The van der Waals surface area contributed by atoms with Gasteiger partial charge in [0.05, 0.1) is 9.82 Å². The fourth-order valence-electron chi connectivity index (χ4n) is 3.41. The zero-order chi connectivity index (χ0) is 20.1. The van der Waals surface area contributed by atoms with Gasteiger partial charge in [0.25, 0.3) is 11.6 Å². The highest BCUT2D eigenvalue weighted by Crippen LogP contribution is 2.35. The fourth-order valence-corrected chi connectivity index (χ4v) is 4.31. The number of carbonyl (C=O) groups is 1. The molecule has 2 aromatic carbocycles. The highest BCUT2D eigenvalue weighted by atomic mass is 32.2. The summed E-state index contributed by atoms with van der Waals surface area (Å²) in [6.07, 6.45) is 2.20. The third-order valence-electron chi connectivity index (χ3n) is 4.93. The van der Waals surface area contributed by atoms with E-state index >= 15 is 0 Å². The van der Waals surface area contributed by atoms with Crippen LogP contribution in [0.2, 0.25) is 0 Å². The molecule has 0 aromatic heterocycles. The lowest BCUT2D eigenvalue weighted by atomic mass is 10.1. The van der Waals surface area contributed by atoms with Crippen LogP contribution in [0.25, 0.3) is 0 Å². The first-order valence-electron chi connectivity index (χ1n) is 9.32. The molecule has 0 saturated carbocycles. The molecular weight excluding hydrogens is 376 g/mol. The molecule has 1 aliphatic heterocycles. The summed E-state index contributed by atoms with van der Waals surface area (Å²) in [6, 6.07) is 12.1. The molecule has 28 heavy (non-hydrogen) atoms. The molecule has 1 saturated heterocycles. The number of hydrogen-bond acceptors (Lipinski definition) is 6. The van der Waals surface area contributed by atoms with Gasteiger partial charge >= 0.3 is 0 Å². The maximum absolute atomic E-state index is 12.5. The van der Waals surface area contributed by atoms with Crippen LogP contribution in [-0.2, 0) is 0 Å². The quantitative estimate of drug-likeness (QED) is 0.419. The highest BCUT2D eigenvalue weighted by Gasteiger charge is 2.24. The number of nitrogen functional groups attached to an aromatic ring is 1. The first kappa shape index (κ1) is 20.2. The smallest absolute Gasteiger partial charge is 0.284 e. The maximum Gasteiger partial charge on any atom is 0.284 e. The summed E-state index contributed by atoms with van der Waals surface area (Å²) in [5.74, 6) is -0.282. The van der Waals surface area contributed by atoms with Gasteiger partial charge in [0, 0.05) is 34.8 Å². The number of nitro groups is 1. The van der Waals surface area contributed by atoms with Crippen LogP contribution in [0.15, 0.2) is 52.3 Å². The van der Waals surface area contributed by atoms with Crippen molar-refractivity contribution in [3.63, 3.8) is 0 Å². The van der Waals surface area contributed by atoms with Gasteiger partial charge < -0.3 is 11.1 Å². The summed E-state index contributed by atoms with van der Waals surface area (Å²) in [7, 11) is 0. The third kappa shape index (κ3) is 4.82. The number of nitrogens with two attached hydrogens (primary N) is 1. The molecule has 0 aliphatic carbocycles. The summed E-state index contributed by atoms with van der Waals surface area (Å²) < 4.78 is 0. The number of nitrogens with zero attached hydrogens (tertiary/aromatic N) is 2. The van der Waals surface area contributed by atoms with Crippen LogP contribution in [-0.4, -0.2) is 41.4 Å². The zero-order valence-electron chi connectivity index (χ0n) is 15.8. The van der Waals surface area contributed by atoms with Gasteiger partial charge in [-0.25, -0.2) is 0 Å². The number of amides is 1. The Morgan fingerprint density at radius 1 is 1.32 bits per heavy atom. The predicted molar refractivity (Wildman–Crippen MR) is 111 cm³/mol. The second-order valence-electron chi connectivity index (χ2n) is 6.75. The minimum absolute atomic E-state index is 0.0782. The fraction of sp³-hybridized carbons (Fsp3) is 0.350. The van der Waals surface area contributed by atoms with Gasteiger partial charge in [-0.2, -0.15) is 0 Å². The molecule has 1 heterocycles. The Balaban J connectivity index is 1.71. The number of anilines is 1. The van der Waals surface area contributed by atoms with Gasteiger partial charge in [0.1, 0.15) is 0 Å². The minimum atomic E-state index is -0.452. The van der Waals surface area contributed by atoms with Crippen molar-refractivity contribution in [3.8, 4) is 0 Å². The lowest BCUT2D eigenvalue weighted by Crippen LogP contribution is -2.40. The molecule has 2 aromatic rings. The normalized spacial score (nSPS) is 16.8. The molecule has 1 atom stereocenters. The average molecular weight is 401 g/mol. The SMILES string of the molecule is CCN1CCCC1CNC(=O)c1ccc(Sc2ccc(N)cc2)c([N+](=O)[O-])c1. The number of benzene rings is 2. The lowest BCUT2D eigenvalue weighted by molar-refractivity contribution is -0.387. The van der Waals surface area contributed by atoms with E-state index in [1.54, 1.807) is 24.3 Å². The van der Waals surface area contributed by atoms with Gasteiger partial charge in [-0.1, -0.05) is 18.7 Å². The number of rotatable bonds is 7. The maximum atomic E-state index is 12.5. The summed E-state index contributed by atoms with van der Waals surface area (Å²) in [4.78, 5) is 27.2. The molecule has 1 amide bonds. The van der Waals surface area contributed by atoms with E-state index in [-0.39, 0.29) is 11.6 Å². The van der Waals surface area contributed by atoms with Crippen LogP contribution in [0, 0.1) is 10.1 Å². The van der Waals surface area contributed by atoms with Crippen molar-refractivity contribution < 1.29 is 9.72 Å². The van der Waals surface area contributed by atoms with Crippen LogP contribution in [0.1, 0.15) is 30.1 Å². The summed E-state index contributed by atoms with van der Waals surface area (Å²) >= 11 is 1.27. The first-order chi connectivity index (χ1) is 13.5. The van der Waals surface area contributed by atoms with E-state index in [9.17, 15) is 14.9 Å². The Kier molecular flexibility index (Phi) is 6.53. The number of likely N-dealkylation sites (N-methyl/N-ethyl adjacent to an activating group) is 1. The summed E-state index contributed by atoms with van der Waals surface area (Å²) in [5.41, 5.74) is 6.53. The van der Waals surface area contributed by atoms with E-state index in [0.29, 0.717) is 28.7 Å². The van der Waals surface area contributed by atoms with E-state index in [1.165, 1.54) is 17.8 Å². The molecule has 3 N–H and O–H groups in total. The topological polar surface area (TPSA) is 102 Å². The van der Waals surface area contributed by atoms with E-state index in [2.05, 4.69) is 17.1 Å². The molecule has 0 spiro atoms. The molecule has 8 heteroatoms. The molecular formula is C20H24N4O3S. The summed E-state index contributed by atoms with van der Waals surface area (Å²) in [5, 5.41) is 14.4. The number of nitrogens with one attached hydrogen (secondary N) is 1. The molecule has 148 valence electrons. The lowest BCUT2D eigenvalue weighted by Gasteiger charge is -2.22. The molecule has 1 fully saturated rings. The minimum Gasteiger partial charge on any atom is -0.399 e. The largest absolute Gasteiger partial charge is 0.399 e. The summed E-state index contributed by atoms with van der Waals surface area (Å²) in [6.45, 7) is 4.69. The van der Waals surface area contributed by atoms with Crippen LogP contribution < -0.4 is 11.1 Å². The Hall–Kier alpha value is -2.58. The van der Waals surface area contributed by atoms with Gasteiger partial charge in [-0.05, 0) is 62.3 Å². The Bertz CT molecular complexity index is 857. The van der Waals surface area contributed by atoms with Gasteiger partial charge in [-0.3, -0.25) is 19.8 Å². The average Bonchev–Trinajstić information content (AvgIpc) is 3.15. The van der Waals surface area contributed by atoms with Crippen molar-refractivity contribution >= 4 is 29.0 Å². The molecule has 1 aliphatic rings. The molecule has 1 unspecified atom stereocenters. The van der Waals surface area contributed by atoms with E-state index in [4.69, 9.17) is 5.73 Å². The van der Waals surface area contributed by atoms with Crippen molar-refractivity contribution in [3.05, 3.63) is 58.1 Å². The first-order valence-corrected chi connectivity index (χ1v) is 10.1. The number of nitro benzene ring substituents is 1. The van der Waals surface area contributed by atoms with Gasteiger partial charge in [-0.15, -0.1) is 0 Å². The monoisotopic (exact) mass is 400 g/mol. The Morgan fingerprint density at radius 2 is 2.07 bits per heavy atom. The third-order valence-corrected chi connectivity index (χ3v) is 6.00. The highest BCUT2D eigenvalue weighted by molar-refractivity contribution is 7.99. The zero-order valence-corrected chi connectivity index (χ0v) is 16.6. The van der Waals surface area contributed by atoms with Crippen molar-refractivity contribution in [2.75, 3.05) is 25.4 Å². The Morgan fingerprint density at radius 3 is 2.75 bits per heavy atom. The van der Waals surface area contributed by atoms with Crippen molar-refractivity contribution in [2.24, 2.45) is 0 Å². The second kappa shape index (κ2) is 9.07. The molecule has 0 radical (unpaired) electrons. The Labute approximate surface area is 168 Å². The van der Waals surface area contributed by atoms with Crippen LogP contribution in [0.3, 0.4) is 0 Å². The van der Waals surface area contributed by atoms with Crippen LogP contribution >= 0.6 is 11.8 Å². The van der Waals surface area contributed by atoms with Crippen molar-refractivity contribution in [1.29, 1.82) is 0 Å². The molecule has 7 nitrogen and oxygen atoms in total. The number of hydrogen-bond donors (Lipinski definition) is 2. The van der Waals surface area contributed by atoms with Gasteiger partial charge in [0.2, 0.25) is 0 Å². The van der Waals surface area contributed by atoms with E-state index in [1.807, 2.05) is 12.1 Å². The standard InChI is InChI=1S/C20H24N4O3S/c1-2-23-11-3-4-16(23)13-22-20(25)14-5-10-19(18(12-14)24(26)27)28-17-8-6-15(21)7-9-17/h5-10,12,16H,2-4,11,13,21H2,1H3,(H,22,25). The van der Waals surface area contributed by atoms with Crippen molar-refractivity contribution in [1.82, 2.24) is 10.2 Å².